The quantitative estimate of drug-likeness (QED) is 0.766. The Bertz CT molecular complexity index is 871. The van der Waals surface area contributed by atoms with Gasteiger partial charge in [0.1, 0.15) is 5.54 Å². The smallest absolute Gasteiger partial charge is 0.335 e. The SMILES string of the molecule is O=C1N(Cc2ccccn2)CCCC12CCCN2Cc1cccc(C(F)(F)F)c1. The predicted molar refractivity (Wildman–Crippen MR) is 103 cm³/mol. The minimum absolute atomic E-state index is 0.0823. The normalized spacial score (nSPS) is 23.1. The Morgan fingerprint density at radius 2 is 1.79 bits per heavy atom. The third kappa shape index (κ3) is 4.01. The van der Waals surface area contributed by atoms with Crippen LogP contribution < -0.4 is 0 Å². The topological polar surface area (TPSA) is 36.4 Å². The van der Waals surface area contributed by atoms with Crippen molar-refractivity contribution < 1.29 is 18.0 Å². The van der Waals surface area contributed by atoms with Gasteiger partial charge in [0.05, 0.1) is 17.8 Å². The minimum Gasteiger partial charge on any atom is -0.335 e. The van der Waals surface area contributed by atoms with Gasteiger partial charge in [0, 0.05) is 19.3 Å². The molecule has 1 amide bonds. The Balaban J connectivity index is 1.54. The summed E-state index contributed by atoms with van der Waals surface area (Å²) < 4.78 is 39.2. The van der Waals surface area contributed by atoms with Gasteiger partial charge >= 0.3 is 6.18 Å². The number of rotatable bonds is 4. The van der Waals surface area contributed by atoms with E-state index in [1.165, 1.54) is 12.1 Å². The lowest BCUT2D eigenvalue weighted by molar-refractivity contribution is -0.148. The molecule has 1 aromatic carbocycles. The molecule has 154 valence electrons. The summed E-state index contributed by atoms with van der Waals surface area (Å²) in [6, 6.07) is 11.1. The third-order valence-corrected chi connectivity index (χ3v) is 6.03. The first-order valence-corrected chi connectivity index (χ1v) is 9.99. The van der Waals surface area contributed by atoms with Crippen molar-refractivity contribution in [1.82, 2.24) is 14.8 Å². The Morgan fingerprint density at radius 3 is 2.52 bits per heavy atom. The number of carbonyl (C=O) groups is 1. The van der Waals surface area contributed by atoms with Crippen LogP contribution in [-0.4, -0.2) is 39.3 Å². The van der Waals surface area contributed by atoms with Crippen LogP contribution in [0.2, 0.25) is 0 Å². The van der Waals surface area contributed by atoms with Crippen molar-refractivity contribution in [3.05, 3.63) is 65.5 Å². The number of alkyl halides is 3. The molecule has 1 atom stereocenters. The highest BCUT2D eigenvalue weighted by Crippen LogP contribution is 2.40. The van der Waals surface area contributed by atoms with Crippen molar-refractivity contribution in [2.24, 2.45) is 0 Å². The van der Waals surface area contributed by atoms with Gasteiger partial charge in [-0.3, -0.25) is 14.7 Å². The predicted octanol–water partition coefficient (Wildman–Crippen LogP) is 4.26. The monoisotopic (exact) mass is 403 g/mol. The van der Waals surface area contributed by atoms with Crippen LogP contribution in [0.4, 0.5) is 13.2 Å². The zero-order valence-corrected chi connectivity index (χ0v) is 16.2. The van der Waals surface area contributed by atoms with Crippen LogP contribution >= 0.6 is 0 Å². The summed E-state index contributed by atoms with van der Waals surface area (Å²) in [5, 5.41) is 0. The highest BCUT2D eigenvalue weighted by molar-refractivity contribution is 5.87. The average Bonchev–Trinajstić information content (AvgIpc) is 3.09. The molecule has 2 saturated heterocycles. The maximum Gasteiger partial charge on any atom is 0.416 e. The van der Waals surface area contributed by atoms with E-state index in [9.17, 15) is 18.0 Å². The number of amides is 1. The highest BCUT2D eigenvalue weighted by atomic mass is 19.4. The molecular weight excluding hydrogens is 379 g/mol. The molecule has 2 aliphatic rings. The first-order chi connectivity index (χ1) is 13.9. The molecule has 7 heteroatoms. The number of benzene rings is 1. The molecule has 2 fully saturated rings. The largest absolute Gasteiger partial charge is 0.416 e. The van der Waals surface area contributed by atoms with E-state index in [0.717, 1.165) is 44.0 Å². The Hall–Kier alpha value is -2.41. The van der Waals surface area contributed by atoms with Gasteiger partial charge in [-0.2, -0.15) is 13.2 Å². The first kappa shape index (κ1) is 19.9. The molecule has 3 heterocycles. The Kier molecular flexibility index (Phi) is 5.34. The van der Waals surface area contributed by atoms with Crippen LogP contribution in [0, 0.1) is 0 Å². The van der Waals surface area contributed by atoms with Crippen LogP contribution in [-0.2, 0) is 24.1 Å². The number of hydrogen-bond donors (Lipinski definition) is 0. The number of nitrogens with zero attached hydrogens (tertiary/aromatic N) is 3. The lowest BCUT2D eigenvalue weighted by Crippen LogP contribution is -2.59. The molecule has 0 radical (unpaired) electrons. The van der Waals surface area contributed by atoms with E-state index in [2.05, 4.69) is 9.88 Å². The fraction of sp³-hybridized carbons (Fsp3) is 0.455. The van der Waals surface area contributed by atoms with Crippen molar-refractivity contribution in [2.75, 3.05) is 13.1 Å². The van der Waals surface area contributed by atoms with Crippen LogP contribution in [0.5, 0.6) is 0 Å². The Morgan fingerprint density at radius 1 is 1.00 bits per heavy atom. The summed E-state index contributed by atoms with van der Waals surface area (Å²) in [5.74, 6) is 0.0823. The number of carbonyl (C=O) groups excluding carboxylic acids is 1. The zero-order chi connectivity index (χ0) is 20.5. The van der Waals surface area contributed by atoms with Crippen molar-refractivity contribution in [3.63, 3.8) is 0 Å². The van der Waals surface area contributed by atoms with E-state index < -0.39 is 17.3 Å². The van der Waals surface area contributed by atoms with Gasteiger partial charge in [-0.15, -0.1) is 0 Å². The van der Waals surface area contributed by atoms with Gasteiger partial charge in [0.25, 0.3) is 0 Å². The maximum absolute atomic E-state index is 13.5. The molecule has 2 aromatic rings. The zero-order valence-electron chi connectivity index (χ0n) is 16.2. The first-order valence-electron chi connectivity index (χ1n) is 9.99. The van der Waals surface area contributed by atoms with E-state index in [1.54, 1.807) is 12.3 Å². The molecule has 0 bridgehead atoms. The minimum atomic E-state index is -4.36. The molecule has 0 saturated carbocycles. The summed E-state index contributed by atoms with van der Waals surface area (Å²) >= 11 is 0. The summed E-state index contributed by atoms with van der Waals surface area (Å²) in [5.41, 5.74) is 0.187. The lowest BCUT2D eigenvalue weighted by atomic mass is 9.85. The summed E-state index contributed by atoms with van der Waals surface area (Å²) in [6.07, 6.45) is 0.626. The number of pyridine rings is 1. The van der Waals surface area contributed by atoms with Crippen molar-refractivity contribution in [2.45, 2.75) is 50.5 Å². The third-order valence-electron chi connectivity index (χ3n) is 6.03. The standard InChI is InChI=1S/C22H24F3N3O/c23-22(24,25)18-7-3-6-17(14-18)15-28-13-5-10-21(28)9-4-12-27(20(21)29)16-19-8-1-2-11-26-19/h1-3,6-8,11,14H,4-5,9-10,12-13,15-16H2. The molecule has 29 heavy (non-hydrogen) atoms. The number of aromatic nitrogens is 1. The van der Waals surface area contributed by atoms with E-state index in [0.29, 0.717) is 25.2 Å². The number of piperidine rings is 1. The molecule has 2 aliphatic heterocycles. The van der Waals surface area contributed by atoms with Gasteiger partial charge in [-0.1, -0.05) is 24.3 Å². The van der Waals surface area contributed by atoms with Crippen LogP contribution in [0.1, 0.15) is 42.5 Å². The molecule has 4 rings (SSSR count). The maximum atomic E-state index is 13.5. The fourth-order valence-corrected chi connectivity index (χ4v) is 4.66. The summed E-state index contributed by atoms with van der Waals surface area (Å²) in [4.78, 5) is 21.7. The van der Waals surface area contributed by atoms with Gasteiger partial charge in [0.2, 0.25) is 5.91 Å². The van der Waals surface area contributed by atoms with Crippen molar-refractivity contribution >= 4 is 5.91 Å². The summed E-state index contributed by atoms with van der Waals surface area (Å²) in [7, 11) is 0. The molecule has 4 nitrogen and oxygen atoms in total. The molecular formula is C22H24F3N3O. The van der Waals surface area contributed by atoms with E-state index in [-0.39, 0.29) is 5.91 Å². The number of likely N-dealkylation sites (tertiary alicyclic amines) is 2. The van der Waals surface area contributed by atoms with Crippen LogP contribution in [0.3, 0.4) is 0 Å². The lowest BCUT2D eigenvalue weighted by Gasteiger charge is -2.44. The van der Waals surface area contributed by atoms with Crippen LogP contribution in [0.15, 0.2) is 48.7 Å². The number of hydrogen-bond acceptors (Lipinski definition) is 3. The second kappa shape index (κ2) is 7.78. The molecule has 0 aliphatic carbocycles. The van der Waals surface area contributed by atoms with Gasteiger partial charge < -0.3 is 4.90 Å². The highest BCUT2D eigenvalue weighted by Gasteiger charge is 2.50. The summed E-state index contributed by atoms with van der Waals surface area (Å²) in [6.45, 7) is 2.24. The van der Waals surface area contributed by atoms with Gasteiger partial charge in [0.15, 0.2) is 0 Å². The molecule has 1 aromatic heterocycles. The van der Waals surface area contributed by atoms with E-state index >= 15 is 0 Å². The number of halogens is 3. The fourth-order valence-electron chi connectivity index (χ4n) is 4.66. The second-order valence-corrected chi connectivity index (χ2v) is 7.91. The molecule has 1 spiro atoms. The van der Waals surface area contributed by atoms with Crippen LogP contribution in [0.25, 0.3) is 0 Å². The van der Waals surface area contributed by atoms with E-state index in [1.807, 2.05) is 23.1 Å². The van der Waals surface area contributed by atoms with Gasteiger partial charge in [-0.25, -0.2) is 0 Å². The average molecular weight is 403 g/mol. The van der Waals surface area contributed by atoms with Crippen molar-refractivity contribution in [1.29, 1.82) is 0 Å². The molecule has 1 unspecified atom stereocenters. The second-order valence-electron chi connectivity index (χ2n) is 7.91. The Labute approximate surface area is 168 Å². The molecule has 0 N–H and O–H groups in total. The van der Waals surface area contributed by atoms with E-state index in [4.69, 9.17) is 0 Å². The van der Waals surface area contributed by atoms with Crippen molar-refractivity contribution in [3.8, 4) is 0 Å². The van der Waals surface area contributed by atoms with Gasteiger partial charge in [-0.05, 0) is 56.0 Å².